The van der Waals surface area contributed by atoms with E-state index in [1.54, 1.807) is 0 Å². The Morgan fingerprint density at radius 3 is 2.40 bits per heavy atom. The lowest BCUT2D eigenvalue weighted by Crippen LogP contribution is -2.43. The van der Waals surface area contributed by atoms with Gasteiger partial charge in [-0.05, 0) is 38.1 Å². The summed E-state index contributed by atoms with van der Waals surface area (Å²) in [6.07, 6.45) is 7.15. The summed E-state index contributed by atoms with van der Waals surface area (Å²) >= 11 is 0. The molecule has 88 valence electrons. The van der Waals surface area contributed by atoms with E-state index in [0.717, 1.165) is 31.2 Å². The van der Waals surface area contributed by atoms with Crippen LogP contribution in [0, 0.1) is 11.8 Å². The van der Waals surface area contributed by atoms with E-state index in [0.29, 0.717) is 0 Å². The van der Waals surface area contributed by atoms with E-state index in [-0.39, 0.29) is 5.60 Å². The third kappa shape index (κ3) is 3.18. The molecule has 2 unspecified atom stereocenters. The van der Waals surface area contributed by atoms with Gasteiger partial charge in [-0.15, -0.1) is 0 Å². The second kappa shape index (κ2) is 4.42. The Balaban J connectivity index is 1.74. The molecule has 0 aromatic rings. The molecule has 0 amide bonds. The molecule has 0 bridgehead atoms. The first-order chi connectivity index (χ1) is 7.09. The fourth-order valence-electron chi connectivity index (χ4n) is 2.99. The lowest BCUT2D eigenvalue weighted by Gasteiger charge is -2.35. The van der Waals surface area contributed by atoms with Gasteiger partial charge in [-0.3, -0.25) is 0 Å². The molecule has 15 heavy (non-hydrogen) atoms. The van der Waals surface area contributed by atoms with E-state index in [2.05, 4.69) is 18.9 Å². The molecular formula is C13H25NO. The Bertz CT molecular complexity index is 211. The first-order valence-corrected chi connectivity index (χ1v) is 6.50. The standard InChI is InChI=1S/C13H25NO/c1-11-8-12(11)9-14(2)10-13(15)6-4-3-5-7-13/h11-12,15H,3-10H2,1-2H3. The molecule has 2 atom stereocenters. The zero-order valence-electron chi connectivity index (χ0n) is 10.2. The highest BCUT2D eigenvalue weighted by atomic mass is 16.3. The maximum absolute atomic E-state index is 10.4. The maximum atomic E-state index is 10.4. The quantitative estimate of drug-likeness (QED) is 0.771. The Morgan fingerprint density at radius 1 is 1.27 bits per heavy atom. The smallest absolute Gasteiger partial charge is 0.0774 e. The summed E-state index contributed by atoms with van der Waals surface area (Å²) in [5.74, 6) is 1.83. The topological polar surface area (TPSA) is 23.5 Å². The van der Waals surface area contributed by atoms with Crippen LogP contribution < -0.4 is 0 Å². The van der Waals surface area contributed by atoms with Crippen molar-refractivity contribution in [1.82, 2.24) is 4.90 Å². The SMILES string of the molecule is CC1CC1CN(C)CC1(O)CCCCC1. The molecular weight excluding hydrogens is 186 g/mol. The molecule has 2 nitrogen and oxygen atoms in total. The van der Waals surface area contributed by atoms with Gasteiger partial charge in [0.15, 0.2) is 0 Å². The molecule has 0 radical (unpaired) electrons. The molecule has 2 rings (SSSR count). The van der Waals surface area contributed by atoms with Crippen LogP contribution in [0.4, 0.5) is 0 Å². The molecule has 2 aliphatic carbocycles. The van der Waals surface area contributed by atoms with E-state index in [1.165, 1.54) is 32.2 Å². The molecule has 2 fully saturated rings. The van der Waals surface area contributed by atoms with Gasteiger partial charge in [0, 0.05) is 13.1 Å². The van der Waals surface area contributed by atoms with Crippen LogP contribution >= 0.6 is 0 Å². The lowest BCUT2D eigenvalue weighted by atomic mass is 9.84. The predicted octanol–water partition coefficient (Wildman–Crippen LogP) is 2.27. The van der Waals surface area contributed by atoms with Gasteiger partial charge in [0.25, 0.3) is 0 Å². The van der Waals surface area contributed by atoms with Crippen LogP contribution in [0.25, 0.3) is 0 Å². The van der Waals surface area contributed by atoms with Gasteiger partial charge >= 0.3 is 0 Å². The van der Waals surface area contributed by atoms with E-state index in [9.17, 15) is 5.11 Å². The lowest BCUT2D eigenvalue weighted by molar-refractivity contribution is -0.0217. The minimum absolute atomic E-state index is 0.370. The number of hydrogen-bond acceptors (Lipinski definition) is 2. The van der Waals surface area contributed by atoms with Crippen LogP contribution in [0.5, 0.6) is 0 Å². The van der Waals surface area contributed by atoms with Gasteiger partial charge in [-0.2, -0.15) is 0 Å². The summed E-state index contributed by atoms with van der Waals surface area (Å²) in [5.41, 5.74) is -0.370. The van der Waals surface area contributed by atoms with E-state index in [4.69, 9.17) is 0 Å². The third-order valence-corrected chi connectivity index (χ3v) is 4.17. The monoisotopic (exact) mass is 211 g/mol. The van der Waals surface area contributed by atoms with Crippen LogP contribution in [0.15, 0.2) is 0 Å². The van der Waals surface area contributed by atoms with Crippen molar-refractivity contribution in [3.63, 3.8) is 0 Å². The van der Waals surface area contributed by atoms with Crippen molar-refractivity contribution in [3.05, 3.63) is 0 Å². The molecule has 0 saturated heterocycles. The maximum Gasteiger partial charge on any atom is 0.0774 e. The first kappa shape index (κ1) is 11.4. The van der Waals surface area contributed by atoms with E-state index in [1.807, 2.05) is 0 Å². The zero-order chi connectivity index (χ0) is 10.9. The van der Waals surface area contributed by atoms with Gasteiger partial charge in [-0.1, -0.05) is 26.2 Å². The molecule has 0 aromatic carbocycles. The first-order valence-electron chi connectivity index (χ1n) is 6.50. The van der Waals surface area contributed by atoms with Crippen molar-refractivity contribution in [2.45, 2.75) is 51.0 Å². The summed E-state index contributed by atoms with van der Waals surface area (Å²) in [6.45, 7) is 4.40. The van der Waals surface area contributed by atoms with E-state index >= 15 is 0 Å². The van der Waals surface area contributed by atoms with Crippen LogP contribution in [-0.4, -0.2) is 35.7 Å². The Hall–Kier alpha value is -0.0800. The summed E-state index contributed by atoms with van der Waals surface area (Å²) in [4.78, 5) is 2.35. The fourth-order valence-corrected chi connectivity index (χ4v) is 2.99. The molecule has 2 aliphatic rings. The van der Waals surface area contributed by atoms with Crippen molar-refractivity contribution in [3.8, 4) is 0 Å². The molecule has 2 heteroatoms. The molecule has 0 aromatic heterocycles. The fraction of sp³-hybridized carbons (Fsp3) is 1.00. The van der Waals surface area contributed by atoms with Crippen molar-refractivity contribution < 1.29 is 5.11 Å². The molecule has 2 saturated carbocycles. The average Bonchev–Trinajstić information content (AvgIpc) is 2.81. The average molecular weight is 211 g/mol. The van der Waals surface area contributed by atoms with Crippen molar-refractivity contribution in [2.75, 3.05) is 20.1 Å². The predicted molar refractivity (Wildman–Crippen MR) is 62.8 cm³/mol. The second-order valence-electron chi connectivity index (χ2n) is 5.95. The van der Waals surface area contributed by atoms with Gasteiger partial charge in [0.05, 0.1) is 5.60 Å². The van der Waals surface area contributed by atoms with E-state index < -0.39 is 0 Å². The van der Waals surface area contributed by atoms with Crippen LogP contribution in [-0.2, 0) is 0 Å². The number of likely N-dealkylation sites (N-methyl/N-ethyl adjacent to an activating group) is 1. The highest BCUT2D eigenvalue weighted by molar-refractivity contribution is 4.88. The number of aliphatic hydroxyl groups is 1. The van der Waals surface area contributed by atoms with Crippen LogP contribution in [0.2, 0.25) is 0 Å². The highest BCUT2D eigenvalue weighted by Gasteiger charge is 2.36. The summed E-state index contributed by atoms with van der Waals surface area (Å²) in [6, 6.07) is 0. The van der Waals surface area contributed by atoms with Gasteiger partial charge in [0.1, 0.15) is 0 Å². The Morgan fingerprint density at radius 2 is 1.87 bits per heavy atom. The Labute approximate surface area is 93.7 Å². The summed E-state index contributed by atoms with van der Waals surface area (Å²) in [7, 11) is 2.16. The normalized spacial score (nSPS) is 34.4. The van der Waals surface area contributed by atoms with Gasteiger partial charge in [0.2, 0.25) is 0 Å². The number of rotatable bonds is 4. The van der Waals surface area contributed by atoms with Gasteiger partial charge in [-0.25, -0.2) is 0 Å². The summed E-state index contributed by atoms with van der Waals surface area (Å²) < 4.78 is 0. The minimum Gasteiger partial charge on any atom is -0.389 e. The molecule has 0 aliphatic heterocycles. The largest absolute Gasteiger partial charge is 0.389 e. The number of nitrogens with zero attached hydrogens (tertiary/aromatic N) is 1. The van der Waals surface area contributed by atoms with Crippen molar-refractivity contribution in [2.24, 2.45) is 11.8 Å². The number of hydrogen-bond donors (Lipinski definition) is 1. The minimum atomic E-state index is -0.370. The molecule has 0 spiro atoms. The summed E-state index contributed by atoms with van der Waals surface area (Å²) in [5, 5.41) is 10.4. The third-order valence-electron chi connectivity index (χ3n) is 4.17. The second-order valence-corrected chi connectivity index (χ2v) is 5.95. The van der Waals surface area contributed by atoms with Gasteiger partial charge < -0.3 is 10.0 Å². The highest BCUT2D eigenvalue weighted by Crippen LogP contribution is 2.38. The van der Waals surface area contributed by atoms with Crippen molar-refractivity contribution >= 4 is 0 Å². The van der Waals surface area contributed by atoms with Crippen LogP contribution in [0.1, 0.15) is 45.4 Å². The Kier molecular flexibility index (Phi) is 3.36. The zero-order valence-corrected chi connectivity index (χ0v) is 10.2. The van der Waals surface area contributed by atoms with Crippen molar-refractivity contribution in [1.29, 1.82) is 0 Å². The molecule has 1 N–H and O–H groups in total. The molecule has 0 heterocycles. The van der Waals surface area contributed by atoms with Crippen LogP contribution in [0.3, 0.4) is 0 Å².